The van der Waals surface area contributed by atoms with Crippen molar-refractivity contribution in [3.05, 3.63) is 186 Å². The van der Waals surface area contributed by atoms with Crippen LogP contribution in [-0.2, 0) is 25.7 Å². The molecule has 0 unspecified atom stereocenters. The van der Waals surface area contributed by atoms with Crippen molar-refractivity contribution in [1.29, 1.82) is 0 Å². The SMILES string of the molecule is C1=Cc2c(n(C3=Cc4c(n(C5=CC=NCC5)c5cc6c(cc45)CCc4cc5c7cc(-n8c9ccccc9c9ccccc98)ccc7n(-c7ccncc7)c5cc4-6)CC3)c3ccccc23)CC1. The van der Waals surface area contributed by atoms with Crippen LogP contribution in [0.3, 0.4) is 0 Å². The first-order valence-corrected chi connectivity index (χ1v) is 23.6. The third-order valence-corrected chi connectivity index (χ3v) is 15.2. The van der Waals surface area contributed by atoms with Crippen LogP contribution in [0.5, 0.6) is 0 Å². The molecule has 3 aliphatic carbocycles. The molecule has 6 aromatic carbocycles. The van der Waals surface area contributed by atoms with Gasteiger partial charge in [0.2, 0.25) is 0 Å². The number of pyridine rings is 1. The Balaban J connectivity index is 0.950. The zero-order valence-corrected chi connectivity index (χ0v) is 36.5. The first-order valence-electron chi connectivity index (χ1n) is 23.6. The molecule has 5 aromatic heterocycles. The zero-order valence-electron chi connectivity index (χ0n) is 36.5. The molecule has 0 saturated carbocycles. The maximum absolute atomic E-state index is 4.63. The van der Waals surface area contributed by atoms with Gasteiger partial charge in [-0.05, 0) is 146 Å². The Hall–Kier alpha value is -7.96. The summed E-state index contributed by atoms with van der Waals surface area (Å²) in [5.74, 6) is 0. The lowest BCUT2D eigenvalue weighted by Gasteiger charge is -2.23. The van der Waals surface area contributed by atoms with Crippen LogP contribution in [0.1, 0.15) is 52.9 Å². The molecule has 6 heteroatoms. The second kappa shape index (κ2) is 13.8. The molecule has 0 radical (unpaired) electrons. The van der Waals surface area contributed by atoms with Gasteiger partial charge in [0.05, 0.1) is 33.1 Å². The molecule has 0 amide bonds. The van der Waals surface area contributed by atoms with Crippen molar-refractivity contribution in [3.63, 3.8) is 0 Å². The molecule has 0 fully saturated rings. The molecule has 66 heavy (non-hydrogen) atoms. The number of aliphatic imine (C=N–C) groups is 1. The van der Waals surface area contributed by atoms with Gasteiger partial charge in [-0.25, -0.2) is 0 Å². The van der Waals surface area contributed by atoms with Gasteiger partial charge in [-0.2, -0.15) is 0 Å². The summed E-state index contributed by atoms with van der Waals surface area (Å²) in [6, 6.07) is 48.0. The van der Waals surface area contributed by atoms with E-state index < -0.39 is 0 Å². The number of para-hydroxylation sites is 3. The molecule has 1 aliphatic heterocycles. The Bertz CT molecular complexity index is 3990. The number of aromatic nitrogens is 5. The number of benzene rings is 6. The zero-order chi connectivity index (χ0) is 43.0. The molecule has 6 nitrogen and oxygen atoms in total. The predicted octanol–water partition coefficient (Wildman–Crippen LogP) is 14.2. The molecule has 0 N–H and O–H groups in total. The number of dihydropyridines is 1. The Morgan fingerprint density at radius 1 is 0.424 bits per heavy atom. The number of rotatable bonds is 4. The van der Waals surface area contributed by atoms with Gasteiger partial charge in [0.15, 0.2) is 0 Å². The van der Waals surface area contributed by atoms with Crippen molar-refractivity contribution in [2.45, 2.75) is 44.9 Å². The fourth-order valence-electron chi connectivity index (χ4n) is 12.4. The Kier molecular flexibility index (Phi) is 7.59. The average Bonchev–Trinajstić information content (AvgIpc) is 4.10. The quantitative estimate of drug-likeness (QED) is 0.174. The van der Waals surface area contributed by atoms with Crippen molar-refractivity contribution in [1.82, 2.24) is 23.3 Å². The van der Waals surface area contributed by atoms with Gasteiger partial charge in [0, 0.05) is 109 Å². The van der Waals surface area contributed by atoms with Crippen molar-refractivity contribution in [2.24, 2.45) is 4.99 Å². The van der Waals surface area contributed by atoms with Crippen LogP contribution < -0.4 is 0 Å². The van der Waals surface area contributed by atoms with E-state index in [1.165, 1.54) is 127 Å². The maximum Gasteiger partial charge on any atom is 0.0547 e. The van der Waals surface area contributed by atoms with Crippen molar-refractivity contribution >= 4 is 95.2 Å². The molecule has 6 heterocycles. The van der Waals surface area contributed by atoms with Gasteiger partial charge in [-0.15, -0.1) is 0 Å². The lowest BCUT2D eigenvalue weighted by molar-refractivity contribution is 0.826. The van der Waals surface area contributed by atoms with Gasteiger partial charge < -0.3 is 18.3 Å². The van der Waals surface area contributed by atoms with E-state index in [0.717, 1.165) is 57.2 Å². The lowest BCUT2D eigenvalue weighted by atomic mass is 9.83. The topological polar surface area (TPSA) is 45.0 Å². The summed E-state index contributed by atoms with van der Waals surface area (Å²) in [5, 5.41) is 7.81. The predicted molar refractivity (Wildman–Crippen MR) is 275 cm³/mol. The molecule has 314 valence electrons. The normalized spacial score (nSPS) is 15.5. The maximum atomic E-state index is 4.63. The fourth-order valence-corrected chi connectivity index (χ4v) is 12.4. The van der Waals surface area contributed by atoms with Crippen LogP contribution >= 0.6 is 0 Å². The summed E-state index contributed by atoms with van der Waals surface area (Å²) in [4.78, 5) is 9.06. The van der Waals surface area contributed by atoms with E-state index in [-0.39, 0.29) is 0 Å². The number of hydrogen-bond acceptors (Lipinski definition) is 2. The fraction of sp³-hybridized carbons (Fsp3) is 0.133. The summed E-state index contributed by atoms with van der Waals surface area (Å²) in [7, 11) is 0. The van der Waals surface area contributed by atoms with E-state index in [2.05, 4.69) is 180 Å². The molecule has 4 aliphatic rings. The van der Waals surface area contributed by atoms with E-state index >= 15 is 0 Å². The monoisotopic (exact) mass is 848 g/mol. The summed E-state index contributed by atoms with van der Waals surface area (Å²) >= 11 is 0. The lowest BCUT2D eigenvalue weighted by Crippen LogP contribution is -2.12. The highest BCUT2D eigenvalue weighted by Gasteiger charge is 2.29. The van der Waals surface area contributed by atoms with E-state index in [0.29, 0.717) is 0 Å². The molecule has 11 aromatic rings. The van der Waals surface area contributed by atoms with Crippen LogP contribution in [0.4, 0.5) is 0 Å². The Labute approximate surface area is 381 Å². The van der Waals surface area contributed by atoms with Crippen molar-refractivity contribution < 1.29 is 0 Å². The van der Waals surface area contributed by atoms with Gasteiger partial charge in [0.1, 0.15) is 0 Å². The first-order chi connectivity index (χ1) is 32.7. The van der Waals surface area contributed by atoms with Crippen molar-refractivity contribution in [3.8, 4) is 22.5 Å². The molecule has 0 bridgehead atoms. The number of allylic oxidation sites excluding steroid dienone is 3. The smallest absolute Gasteiger partial charge is 0.0547 e. The van der Waals surface area contributed by atoms with Crippen LogP contribution in [0.2, 0.25) is 0 Å². The first kappa shape index (κ1) is 36.4. The molecule has 0 atom stereocenters. The van der Waals surface area contributed by atoms with E-state index in [1.54, 1.807) is 0 Å². The van der Waals surface area contributed by atoms with E-state index in [1.807, 2.05) is 18.6 Å². The van der Waals surface area contributed by atoms with Gasteiger partial charge in [-0.1, -0.05) is 66.7 Å². The second-order valence-electron chi connectivity index (χ2n) is 18.6. The highest BCUT2D eigenvalue weighted by molar-refractivity contribution is 6.14. The second-order valence-corrected chi connectivity index (χ2v) is 18.6. The summed E-state index contributed by atoms with van der Waals surface area (Å²) in [6.07, 6.45) is 22.4. The third-order valence-electron chi connectivity index (χ3n) is 15.2. The van der Waals surface area contributed by atoms with Crippen LogP contribution in [0, 0.1) is 0 Å². The minimum Gasteiger partial charge on any atom is -0.317 e. The van der Waals surface area contributed by atoms with Crippen LogP contribution in [-0.4, -0.2) is 36.0 Å². The van der Waals surface area contributed by atoms with Gasteiger partial charge >= 0.3 is 0 Å². The molecular formula is C60H44N6. The number of hydrogen-bond donors (Lipinski definition) is 0. The van der Waals surface area contributed by atoms with Gasteiger partial charge in [0.25, 0.3) is 0 Å². The minimum atomic E-state index is 0.820. The molecule has 0 saturated heterocycles. The van der Waals surface area contributed by atoms with E-state index in [9.17, 15) is 0 Å². The number of aryl methyl sites for hydroxylation is 2. The highest BCUT2D eigenvalue weighted by atomic mass is 15.0. The Morgan fingerprint density at radius 3 is 1.79 bits per heavy atom. The van der Waals surface area contributed by atoms with Crippen LogP contribution in [0.15, 0.2) is 157 Å². The number of nitrogens with zero attached hydrogens (tertiary/aromatic N) is 6. The number of fused-ring (bicyclic) bond motifs is 15. The molecule has 0 spiro atoms. The van der Waals surface area contributed by atoms with Crippen LogP contribution in [0.25, 0.3) is 111 Å². The standard InChI is InChI=1S/C60H44N6/c1-5-13-53-43(9-1)44-10-2-6-14-54(44)65(53)41-19-21-57-51(33-41)49-31-37-17-18-38-32-50-52-34-42(66-55-15-7-3-11-45(55)46-12-4-8-16-56(46)66)20-22-58(52)64(40-25-29-62-30-26-40)60(50)36-48(38)47(37)35-59(49)63(57)39-23-27-61-28-24-39/h1-7,9-15,19,21,23-25,27-29,31-36H,8,16-18,20,22,26,30H2. The summed E-state index contributed by atoms with van der Waals surface area (Å²) < 4.78 is 10.1. The highest BCUT2D eigenvalue weighted by Crippen LogP contribution is 2.47. The average molecular weight is 849 g/mol. The minimum absolute atomic E-state index is 0.820. The Morgan fingerprint density at radius 2 is 1.05 bits per heavy atom. The van der Waals surface area contributed by atoms with Crippen molar-refractivity contribution in [2.75, 3.05) is 6.54 Å². The molecule has 15 rings (SSSR count). The molecular weight excluding hydrogens is 805 g/mol. The van der Waals surface area contributed by atoms with E-state index in [4.69, 9.17) is 0 Å². The largest absolute Gasteiger partial charge is 0.317 e. The summed E-state index contributed by atoms with van der Waals surface area (Å²) in [6.45, 7) is 0.820. The summed E-state index contributed by atoms with van der Waals surface area (Å²) in [5.41, 5.74) is 23.7. The van der Waals surface area contributed by atoms with Gasteiger partial charge in [-0.3, -0.25) is 9.98 Å². The third kappa shape index (κ3) is 5.07.